The Labute approximate surface area is 104 Å². The van der Waals surface area contributed by atoms with Crippen LogP contribution in [0.4, 0.5) is 0 Å². The van der Waals surface area contributed by atoms with Gasteiger partial charge in [-0.3, -0.25) is 0 Å². The number of aromatic nitrogens is 3. The average Bonchev–Trinajstić information content (AvgIpc) is 2.16. The highest BCUT2D eigenvalue weighted by atomic mass is 32.2. The molecule has 1 heterocycles. The van der Waals surface area contributed by atoms with Crippen LogP contribution in [0.5, 0.6) is 0 Å². The van der Waals surface area contributed by atoms with Gasteiger partial charge in [-0.15, -0.1) is 0 Å². The second-order valence-electron chi connectivity index (χ2n) is 3.21. The van der Waals surface area contributed by atoms with Crippen LogP contribution in [0.15, 0.2) is 5.16 Å². The minimum Gasteiger partial charge on any atom is -0.311 e. The van der Waals surface area contributed by atoms with E-state index in [-0.39, 0.29) is 0 Å². The van der Waals surface area contributed by atoms with Gasteiger partial charge in [0.25, 0.3) is 0 Å². The highest BCUT2D eigenvalue weighted by Crippen LogP contribution is 2.14. The van der Waals surface area contributed by atoms with E-state index in [2.05, 4.69) is 21.9 Å². The number of aromatic amines is 2. The second kappa shape index (κ2) is 7.14. The van der Waals surface area contributed by atoms with Crippen LogP contribution in [-0.2, 0) is 0 Å². The zero-order chi connectivity index (χ0) is 11.1. The molecule has 0 fully saturated rings. The van der Waals surface area contributed by atoms with Gasteiger partial charge in [0.15, 0.2) is 9.93 Å². The van der Waals surface area contributed by atoms with Gasteiger partial charge in [-0.1, -0.05) is 37.9 Å². The van der Waals surface area contributed by atoms with Crippen molar-refractivity contribution in [2.75, 3.05) is 5.75 Å². The highest BCUT2D eigenvalue weighted by Gasteiger charge is 1.96. The molecule has 0 saturated carbocycles. The quantitative estimate of drug-likeness (QED) is 0.463. The lowest BCUT2D eigenvalue weighted by Gasteiger charge is -2.00. The lowest BCUT2D eigenvalue weighted by molar-refractivity contribution is 0.705. The minimum atomic E-state index is 0.454. The molecule has 0 amide bonds. The molecule has 0 radical (unpaired) electrons. The van der Waals surface area contributed by atoms with E-state index in [0.29, 0.717) is 9.54 Å². The van der Waals surface area contributed by atoms with Gasteiger partial charge < -0.3 is 9.97 Å². The number of hydrogen-bond acceptors (Lipinski definition) is 4. The Morgan fingerprint density at radius 2 is 2.00 bits per heavy atom. The van der Waals surface area contributed by atoms with E-state index in [1.165, 1.54) is 25.7 Å². The van der Waals surface area contributed by atoms with E-state index in [1.807, 2.05) is 0 Å². The number of unbranched alkanes of at least 4 members (excludes halogenated alkanes) is 3. The first kappa shape index (κ1) is 12.9. The molecule has 0 aliphatic rings. The zero-order valence-corrected chi connectivity index (χ0v) is 11.2. The molecule has 0 atom stereocenters. The predicted octanol–water partition coefficient (Wildman–Crippen LogP) is 3.87. The topological polar surface area (TPSA) is 44.5 Å². The van der Waals surface area contributed by atoms with Crippen molar-refractivity contribution in [3.05, 3.63) is 9.54 Å². The van der Waals surface area contributed by atoms with Crippen molar-refractivity contribution < 1.29 is 0 Å². The number of nitrogens with one attached hydrogen (secondary N) is 2. The largest absolute Gasteiger partial charge is 0.311 e. The van der Waals surface area contributed by atoms with Crippen LogP contribution in [0.25, 0.3) is 0 Å². The average molecular weight is 261 g/mol. The Morgan fingerprint density at radius 1 is 1.20 bits per heavy atom. The Kier molecular flexibility index (Phi) is 6.12. The van der Waals surface area contributed by atoms with Gasteiger partial charge >= 0.3 is 0 Å². The monoisotopic (exact) mass is 261 g/mol. The van der Waals surface area contributed by atoms with Crippen molar-refractivity contribution >= 4 is 36.2 Å². The van der Waals surface area contributed by atoms with E-state index in [0.717, 1.165) is 10.9 Å². The van der Waals surface area contributed by atoms with E-state index >= 15 is 0 Å². The molecule has 0 aromatic carbocycles. The van der Waals surface area contributed by atoms with E-state index in [9.17, 15) is 0 Å². The van der Waals surface area contributed by atoms with Crippen molar-refractivity contribution in [2.45, 2.75) is 37.8 Å². The minimum absolute atomic E-state index is 0.454. The molecule has 1 aromatic heterocycles. The molecule has 1 rings (SSSR count). The van der Waals surface area contributed by atoms with E-state index in [1.54, 1.807) is 11.8 Å². The van der Waals surface area contributed by atoms with Crippen LogP contribution in [0.3, 0.4) is 0 Å². The SMILES string of the molecule is CCCCCCSc1nc(=S)[nH]c(=S)[nH]1. The summed E-state index contributed by atoms with van der Waals surface area (Å²) in [6.07, 6.45) is 5.07. The maximum Gasteiger partial charge on any atom is 0.201 e. The van der Waals surface area contributed by atoms with Crippen LogP contribution in [0.2, 0.25) is 0 Å². The summed E-state index contributed by atoms with van der Waals surface area (Å²) in [7, 11) is 0. The van der Waals surface area contributed by atoms with E-state index < -0.39 is 0 Å². The summed E-state index contributed by atoms with van der Waals surface area (Å²) in [5.41, 5.74) is 0. The van der Waals surface area contributed by atoms with Gasteiger partial charge in [-0.25, -0.2) is 0 Å². The first-order chi connectivity index (χ1) is 7.22. The molecule has 0 bridgehead atoms. The molecular formula is C9H15N3S3. The second-order valence-corrected chi connectivity index (χ2v) is 5.09. The van der Waals surface area contributed by atoms with Gasteiger partial charge in [0.05, 0.1) is 0 Å². The van der Waals surface area contributed by atoms with Crippen LogP contribution < -0.4 is 0 Å². The van der Waals surface area contributed by atoms with Crippen molar-refractivity contribution in [3.8, 4) is 0 Å². The molecule has 0 aliphatic heterocycles. The summed E-state index contributed by atoms with van der Waals surface area (Å²) in [6, 6.07) is 0. The van der Waals surface area contributed by atoms with Gasteiger partial charge in [0, 0.05) is 5.75 Å². The molecule has 1 aromatic rings. The van der Waals surface area contributed by atoms with Crippen LogP contribution in [0, 0.1) is 9.54 Å². The van der Waals surface area contributed by atoms with Gasteiger partial charge in [0.2, 0.25) is 4.77 Å². The fraction of sp³-hybridized carbons (Fsp3) is 0.667. The Morgan fingerprint density at radius 3 is 2.67 bits per heavy atom. The van der Waals surface area contributed by atoms with Crippen molar-refractivity contribution in [3.63, 3.8) is 0 Å². The van der Waals surface area contributed by atoms with Gasteiger partial charge in [0.1, 0.15) is 0 Å². The number of H-pyrrole nitrogens is 2. The Balaban J connectivity index is 2.37. The van der Waals surface area contributed by atoms with Crippen molar-refractivity contribution in [1.29, 1.82) is 0 Å². The number of hydrogen-bond donors (Lipinski definition) is 2. The first-order valence-corrected chi connectivity index (χ1v) is 6.86. The molecular weight excluding hydrogens is 246 g/mol. The predicted molar refractivity (Wildman–Crippen MR) is 69.5 cm³/mol. The number of thioether (sulfide) groups is 1. The summed E-state index contributed by atoms with van der Waals surface area (Å²) in [4.78, 5) is 9.91. The van der Waals surface area contributed by atoms with E-state index in [4.69, 9.17) is 24.4 Å². The van der Waals surface area contributed by atoms with Gasteiger partial charge in [-0.2, -0.15) is 4.98 Å². The molecule has 0 aliphatic carbocycles. The van der Waals surface area contributed by atoms with Crippen LogP contribution in [0.1, 0.15) is 32.6 Å². The highest BCUT2D eigenvalue weighted by molar-refractivity contribution is 7.99. The summed E-state index contributed by atoms with van der Waals surface area (Å²) >= 11 is 11.6. The van der Waals surface area contributed by atoms with Gasteiger partial charge in [-0.05, 0) is 30.9 Å². The molecule has 15 heavy (non-hydrogen) atoms. The standard InChI is InChI=1S/C9H15N3S3/c1-2-3-4-5-6-15-9-11-7(13)10-8(14)12-9/h2-6H2,1H3,(H2,10,11,12,13,14). The van der Waals surface area contributed by atoms with Crippen molar-refractivity contribution in [2.24, 2.45) is 0 Å². The molecule has 6 heteroatoms. The molecule has 0 spiro atoms. The fourth-order valence-electron chi connectivity index (χ4n) is 1.14. The summed E-state index contributed by atoms with van der Waals surface area (Å²) in [5.74, 6) is 1.07. The maximum absolute atomic E-state index is 4.98. The third kappa shape index (κ3) is 5.44. The number of rotatable bonds is 6. The zero-order valence-electron chi connectivity index (χ0n) is 8.71. The van der Waals surface area contributed by atoms with Crippen LogP contribution in [-0.4, -0.2) is 20.7 Å². The molecule has 2 N–H and O–H groups in total. The Bertz CT molecular complexity index is 368. The lowest BCUT2D eigenvalue weighted by atomic mass is 10.2. The fourth-order valence-corrected chi connectivity index (χ4v) is 2.59. The summed E-state index contributed by atoms with van der Waals surface area (Å²) in [6.45, 7) is 2.21. The normalized spacial score (nSPS) is 10.5. The summed E-state index contributed by atoms with van der Waals surface area (Å²) in [5, 5.41) is 0.820. The third-order valence-corrected chi connectivity index (χ3v) is 3.24. The first-order valence-electron chi connectivity index (χ1n) is 5.06. The van der Waals surface area contributed by atoms with Crippen molar-refractivity contribution in [1.82, 2.24) is 15.0 Å². The molecule has 84 valence electrons. The van der Waals surface area contributed by atoms with Crippen LogP contribution >= 0.6 is 36.2 Å². The molecule has 3 nitrogen and oxygen atoms in total. The molecule has 0 saturated heterocycles. The maximum atomic E-state index is 4.98. The third-order valence-electron chi connectivity index (χ3n) is 1.88. The molecule has 0 unspecified atom stereocenters. The Hall–Kier alpha value is -0.200. The summed E-state index contributed by atoms with van der Waals surface area (Å²) < 4.78 is 1.00. The lowest BCUT2D eigenvalue weighted by Crippen LogP contribution is -1.92. The number of nitrogens with zero attached hydrogens (tertiary/aromatic N) is 1. The smallest absolute Gasteiger partial charge is 0.201 e.